The van der Waals surface area contributed by atoms with Gasteiger partial charge in [0.25, 0.3) is 0 Å². The molecule has 7 rings (SSSR count). The fourth-order valence-corrected chi connectivity index (χ4v) is 9.13. The van der Waals surface area contributed by atoms with Crippen molar-refractivity contribution in [2.75, 3.05) is 6.54 Å². The second-order valence-electron chi connectivity index (χ2n) is 16.4. The number of hydrogen-bond donors (Lipinski definition) is 4. The Morgan fingerprint density at radius 1 is 1.02 bits per heavy atom. The topological polar surface area (TPSA) is 144 Å². The van der Waals surface area contributed by atoms with Crippen molar-refractivity contribution in [2.45, 2.75) is 135 Å². The van der Waals surface area contributed by atoms with Crippen molar-refractivity contribution in [1.82, 2.24) is 4.90 Å². The molecule has 4 heterocycles. The third-order valence-corrected chi connectivity index (χ3v) is 12.5. The van der Waals surface area contributed by atoms with E-state index in [2.05, 4.69) is 48.8 Å². The van der Waals surface area contributed by atoms with Gasteiger partial charge in [0.1, 0.15) is 18.0 Å². The number of aliphatic hydroxyl groups excluding tert-OH is 2. The largest absolute Gasteiger partial charge is 0.465 e. The zero-order valence-corrected chi connectivity index (χ0v) is 33.1. The lowest BCUT2D eigenvalue weighted by Gasteiger charge is -2.39. The molecule has 5 atom stereocenters. The number of ketones is 1. The standard InChI is InChI=1S/C47H58N4O5/c1-3-5-7-11-36(40(52)12-8-6-4-2)42(54)18-13-31-14-20-43-44(25-31)56-46-38(47(23-24-55-43)21-9-10-22-47)17-19-41(53)35-16-15-32(45(48)49)26-33(35)27-34-28-50-39-30-51(46)29-37(34)39/h14-16,20,25-26,28,30,36,38,40-41,45-46,52-53H,3-13,18,21-22,27,29,48-49H2,1-2H3. The molecule has 0 saturated heterocycles. The number of fused-ring (bicyclic) bond motifs is 6. The molecule has 56 heavy (non-hydrogen) atoms. The molecule has 1 fully saturated rings. The number of rotatable bonds is 14. The predicted octanol–water partition coefficient (Wildman–Crippen LogP) is 7.31. The van der Waals surface area contributed by atoms with Gasteiger partial charge in [0.2, 0.25) is 0 Å². The molecule has 5 unspecified atom stereocenters. The number of hydrogen-bond acceptors (Lipinski definition) is 9. The molecular formula is C47H58N4O5. The summed E-state index contributed by atoms with van der Waals surface area (Å²) in [6, 6.07) is 11.6. The summed E-state index contributed by atoms with van der Waals surface area (Å²) >= 11 is 0. The fraction of sp³-hybridized carbons (Fsp3) is 0.532. The quantitative estimate of drug-likeness (QED) is 0.0893. The summed E-state index contributed by atoms with van der Waals surface area (Å²) in [4.78, 5) is 20.7. The van der Waals surface area contributed by atoms with Gasteiger partial charge in [0.15, 0.2) is 17.7 Å². The molecule has 4 aliphatic heterocycles. The van der Waals surface area contributed by atoms with Crippen LogP contribution in [-0.4, -0.2) is 46.0 Å². The minimum atomic E-state index is -1.06. The number of aliphatic imine (C=N–C) groups is 1. The average molecular weight is 759 g/mol. The number of allylic oxidation sites excluding steroid dienone is 1. The van der Waals surface area contributed by atoms with Crippen LogP contribution in [0.1, 0.15) is 132 Å². The number of aryl methyl sites for hydroxylation is 1. The first kappa shape index (κ1) is 39.8. The third-order valence-electron chi connectivity index (χ3n) is 12.5. The first-order valence-corrected chi connectivity index (χ1v) is 21.0. The Morgan fingerprint density at radius 2 is 1.80 bits per heavy atom. The number of ether oxygens (including phenoxy) is 2. The number of carbonyl (C=O) groups excluding carboxylic acids is 1. The van der Waals surface area contributed by atoms with Crippen LogP contribution in [0.5, 0.6) is 11.5 Å². The van der Waals surface area contributed by atoms with E-state index in [1.54, 1.807) is 0 Å². The minimum Gasteiger partial charge on any atom is -0.465 e. The lowest BCUT2D eigenvalue weighted by Crippen LogP contribution is -2.47. The molecule has 2 bridgehead atoms. The van der Waals surface area contributed by atoms with E-state index >= 15 is 0 Å². The first-order valence-electron chi connectivity index (χ1n) is 21.0. The van der Waals surface area contributed by atoms with E-state index in [1.807, 2.05) is 42.6 Å². The summed E-state index contributed by atoms with van der Waals surface area (Å²) < 4.78 is 13.3. The molecule has 2 aromatic rings. The molecule has 1 aliphatic carbocycles. The van der Waals surface area contributed by atoms with Crippen LogP contribution in [0.15, 0.2) is 64.4 Å². The molecule has 296 valence electrons. The molecule has 2 aromatic carbocycles. The minimum absolute atomic E-state index is 0.122. The number of nitrogens with zero attached hydrogens (tertiary/aromatic N) is 2. The zero-order chi connectivity index (χ0) is 39.2. The van der Waals surface area contributed by atoms with E-state index in [0.29, 0.717) is 43.7 Å². The summed E-state index contributed by atoms with van der Waals surface area (Å²) in [7, 11) is 0. The van der Waals surface area contributed by atoms with E-state index in [4.69, 9.17) is 25.9 Å². The van der Waals surface area contributed by atoms with E-state index in [-0.39, 0.29) is 11.7 Å². The fourth-order valence-electron chi connectivity index (χ4n) is 9.13. The van der Waals surface area contributed by atoms with E-state index < -0.39 is 35.9 Å². The molecule has 9 nitrogen and oxygen atoms in total. The number of nitrogens with two attached hydrogens (primary N) is 2. The maximum atomic E-state index is 13.7. The Morgan fingerprint density at radius 3 is 2.57 bits per heavy atom. The lowest BCUT2D eigenvalue weighted by molar-refractivity contribution is -0.126. The number of Topliss-reactive ketones (excluding diaryl/α,β-unsaturated/α-hetero) is 1. The van der Waals surface area contributed by atoms with Crippen LogP contribution in [0.3, 0.4) is 0 Å². The molecule has 1 saturated carbocycles. The lowest BCUT2D eigenvalue weighted by atomic mass is 9.73. The Kier molecular flexibility index (Phi) is 12.7. The van der Waals surface area contributed by atoms with Crippen molar-refractivity contribution >= 4 is 12.0 Å². The first-order chi connectivity index (χ1) is 27.2. The van der Waals surface area contributed by atoms with Crippen LogP contribution in [0.2, 0.25) is 0 Å². The summed E-state index contributed by atoms with van der Waals surface area (Å²) in [6.45, 7) is 4.89. The summed E-state index contributed by atoms with van der Waals surface area (Å²) in [5.74, 6) is 10.7. The van der Waals surface area contributed by atoms with Crippen LogP contribution >= 0.6 is 0 Å². The van der Waals surface area contributed by atoms with Crippen molar-refractivity contribution in [1.29, 1.82) is 0 Å². The highest BCUT2D eigenvalue weighted by Crippen LogP contribution is 2.49. The van der Waals surface area contributed by atoms with Crippen molar-refractivity contribution in [2.24, 2.45) is 33.7 Å². The van der Waals surface area contributed by atoms with E-state index in [0.717, 1.165) is 110 Å². The average Bonchev–Trinajstić information content (AvgIpc) is 3.94. The van der Waals surface area contributed by atoms with Gasteiger partial charge in [-0.3, -0.25) is 9.79 Å². The highest BCUT2D eigenvalue weighted by atomic mass is 16.5. The van der Waals surface area contributed by atoms with Crippen molar-refractivity contribution in [3.8, 4) is 35.4 Å². The SMILES string of the molecule is CCCCCC(O)C(CCCCC)C(=O)CCc1ccc2c(c1)OC1C(C#CC(O)c3ccc(C(N)N)cc3CC3=C4CN1C=C4N=C3)C1(C#CO2)CCCC1. The normalized spacial score (nSPS) is 22.7. The smallest absolute Gasteiger partial charge is 0.187 e. The van der Waals surface area contributed by atoms with Crippen LogP contribution < -0.4 is 20.9 Å². The molecule has 9 heteroatoms. The van der Waals surface area contributed by atoms with Crippen molar-refractivity contribution in [3.63, 3.8) is 0 Å². The van der Waals surface area contributed by atoms with Gasteiger partial charge < -0.3 is 36.1 Å². The summed E-state index contributed by atoms with van der Waals surface area (Å²) in [5.41, 5.74) is 18.1. The van der Waals surface area contributed by atoms with Gasteiger partial charge in [-0.05, 0) is 78.5 Å². The number of unbranched alkanes of at least 4 members (excludes halogenated alkanes) is 4. The monoisotopic (exact) mass is 758 g/mol. The van der Waals surface area contributed by atoms with Crippen LogP contribution in [0.4, 0.5) is 0 Å². The Bertz CT molecular complexity index is 1990. The number of benzene rings is 2. The Balaban J connectivity index is 1.22. The molecule has 0 amide bonds. The maximum absolute atomic E-state index is 13.7. The van der Waals surface area contributed by atoms with Crippen molar-refractivity contribution in [3.05, 3.63) is 81.7 Å². The second-order valence-corrected chi connectivity index (χ2v) is 16.4. The Hall–Kier alpha value is -4.38. The van der Waals surface area contributed by atoms with Gasteiger partial charge in [-0.15, -0.1) is 0 Å². The number of carbonyl (C=O) groups is 1. The second kappa shape index (κ2) is 17.8. The molecule has 6 N–H and O–H groups in total. The highest BCUT2D eigenvalue weighted by Gasteiger charge is 2.48. The summed E-state index contributed by atoms with van der Waals surface area (Å²) in [6.07, 6.45) is 16.8. The van der Waals surface area contributed by atoms with Gasteiger partial charge in [-0.1, -0.05) is 107 Å². The van der Waals surface area contributed by atoms with Gasteiger partial charge >= 0.3 is 0 Å². The van der Waals surface area contributed by atoms with Gasteiger partial charge in [0, 0.05) is 36.9 Å². The molecule has 0 aromatic heterocycles. The van der Waals surface area contributed by atoms with Gasteiger partial charge in [-0.2, -0.15) is 0 Å². The van der Waals surface area contributed by atoms with E-state index in [1.165, 1.54) is 0 Å². The Labute approximate surface area is 332 Å². The molecule has 0 radical (unpaired) electrons. The van der Waals surface area contributed by atoms with Crippen LogP contribution in [0.25, 0.3) is 0 Å². The molecular weight excluding hydrogens is 701 g/mol. The third kappa shape index (κ3) is 8.62. The van der Waals surface area contributed by atoms with Gasteiger partial charge in [0.05, 0.1) is 29.3 Å². The van der Waals surface area contributed by atoms with Gasteiger partial charge in [-0.25, -0.2) is 0 Å². The summed E-state index contributed by atoms with van der Waals surface area (Å²) in [5, 5.41) is 22.8. The molecule has 1 spiro atoms. The number of aliphatic hydroxyl groups is 2. The van der Waals surface area contributed by atoms with Crippen molar-refractivity contribution < 1.29 is 24.5 Å². The highest BCUT2D eigenvalue weighted by molar-refractivity contribution is 5.87. The van der Waals surface area contributed by atoms with E-state index in [9.17, 15) is 15.0 Å². The van der Waals surface area contributed by atoms with Crippen LogP contribution in [-0.2, 0) is 17.6 Å². The van der Waals surface area contributed by atoms with Crippen LogP contribution in [0, 0.1) is 41.1 Å². The maximum Gasteiger partial charge on any atom is 0.187 e. The molecule has 5 aliphatic rings. The zero-order valence-electron chi connectivity index (χ0n) is 33.1. The predicted molar refractivity (Wildman–Crippen MR) is 219 cm³/mol.